The number of ketones is 1. The van der Waals surface area contributed by atoms with Gasteiger partial charge < -0.3 is 64.0 Å². The van der Waals surface area contributed by atoms with Gasteiger partial charge in [-0.2, -0.15) is 0 Å². The molecule has 0 unspecified atom stereocenters. The molecule has 78 heavy (non-hydrogen) atoms. The number of para-hydroxylation sites is 1. The molecular formula is C51H67N15O10S2. The lowest BCUT2D eigenvalue weighted by molar-refractivity contribution is -0.137. The van der Waals surface area contributed by atoms with Gasteiger partial charge in [0.1, 0.15) is 42.3 Å². The van der Waals surface area contributed by atoms with E-state index in [1.165, 1.54) is 26.4 Å². The summed E-state index contributed by atoms with van der Waals surface area (Å²) in [6.45, 7) is 4.25. The summed E-state index contributed by atoms with van der Waals surface area (Å²) in [5, 5.41) is 22.3. The Balaban J connectivity index is 1.38. The van der Waals surface area contributed by atoms with Crippen LogP contribution in [0.25, 0.3) is 10.9 Å². The zero-order valence-electron chi connectivity index (χ0n) is 43.4. The Hall–Kier alpha value is -7.94. The topological polar surface area (TPSA) is 379 Å². The van der Waals surface area contributed by atoms with Gasteiger partial charge in [0.05, 0.1) is 18.9 Å². The second-order valence-electron chi connectivity index (χ2n) is 18.8. The lowest BCUT2D eigenvalue weighted by Crippen LogP contribution is -2.61. The first kappa shape index (κ1) is 59.3. The maximum absolute atomic E-state index is 14.7. The van der Waals surface area contributed by atoms with Crippen LogP contribution in [0.5, 0.6) is 0 Å². The van der Waals surface area contributed by atoms with Crippen molar-refractivity contribution in [3.8, 4) is 0 Å². The van der Waals surface area contributed by atoms with Gasteiger partial charge in [0, 0.05) is 66.3 Å². The van der Waals surface area contributed by atoms with Crippen molar-refractivity contribution in [1.82, 2.24) is 62.4 Å². The maximum Gasteiger partial charge on any atom is 0.325 e. The molecule has 2 aromatic heterocycles. The minimum atomic E-state index is -1.41. The number of amides is 10. The zero-order chi connectivity index (χ0) is 56.3. The molecule has 25 nitrogen and oxygen atoms in total. The number of aromatic nitrogens is 3. The van der Waals surface area contributed by atoms with E-state index in [1.807, 2.05) is 31.2 Å². The third-order valence-electron chi connectivity index (χ3n) is 12.9. The van der Waals surface area contributed by atoms with Crippen LogP contribution in [0.4, 0.5) is 4.79 Å². The summed E-state index contributed by atoms with van der Waals surface area (Å²) in [6.07, 6.45) is 5.48. The van der Waals surface area contributed by atoms with Crippen LogP contribution in [0, 0.1) is 0 Å². The van der Waals surface area contributed by atoms with Crippen LogP contribution in [-0.4, -0.2) is 158 Å². The third kappa shape index (κ3) is 17.0. The number of H-pyrrole nitrogens is 2. The van der Waals surface area contributed by atoms with Gasteiger partial charge in [0.25, 0.3) is 5.91 Å². The molecule has 8 atom stereocenters. The van der Waals surface area contributed by atoms with Crippen LogP contribution in [-0.2, 0) is 62.4 Å². The van der Waals surface area contributed by atoms with E-state index in [4.69, 9.17) is 11.5 Å². The van der Waals surface area contributed by atoms with Crippen molar-refractivity contribution in [3.05, 3.63) is 90.1 Å². The quantitative estimate of drug-likeness (QED) is 0.0208. The van der Waals surface area contributed by atoms with Crippen LogP contribution in [0.2, 0.25) is 0 Å². The number of urea groups is 1. The van der Waals surface area contributed by atoms with E-state index in [9.17, 15) is 47.9 Å². The first-order valence-corrected chi connectivity index (χ1v) is 28.0. The van der Waals surface area contributed by atoms with Crippen molar-refractivity contribution in [2.45, 2.75) is 120 Å². The van der Waals surface area contributed by atoms with Gasteiger partial charge in [-0.25, -0.2) is 9.78 Å². The van der Waals surface area contributed by atoms with E-state index in [0.717, 1.165) is 37.4 Å². The Kier molecular flexibility index (Phi) is 22.0. The number of unbranched alkanes of at least 4 members (excludes halogenated alkanes) is 1. The first-order chi connectivity index (χ1) is 37.4. The SMILES string of the molecule is CCCC[C@@H](C(=O)N[C@H]1CSSC[C@@H](C(C)=O)NC(=O)[C@H](Cc2c[nH]c3ccccc23)NC(=O)[C@H](CCCN=C(N)N)NC(=O)[C@@H](Cc2ccccc2)NC(=O)[C@H](Cc2cnc[nH]2)NC(=O)[C@@H](C)NC1=O)N1C(=O)CNC1=O. The Labute approximate surface area is 457 Å². The lowest BCUT2D eigenvalue weighted by Gasteiger charge is -2.28. The molecule has 4 heterocycles. The number of carbonyl (C=O) groups excluding carboxylic acids is 10. The molecule has 0 bridgehead atoms. The van der Waals surface area contributed by atoms with Crippen LogP contribution in [0.1, 0.15) is 69.7 Å². The summed E-state index contributed by atoms with van der Waals surface area (Å²) in [4.78, 5) is 155. The smallest absolute Gasteiger partial charge is 0.325 e. The largest absolute Gasteiger partial charge is 0.370 e. The van der Waals surface area contributed by atoms with Crippen molar-refractivity contribution < 1.29 is 47.9 Å². The Morgan fingerprint density at radius 1 is 0.756 bits per heavy atom. The highest BCUT2D eigenvalue weighted by molar-refractivity contribution is 8.76. The number of hydrogen-bond acceptors (Lipinski definition) is 14. The van der Waals surface area contributed by atoms with E-state index in [-0.39, 0.29) is 69.1 Å². The number of guanidine groups is 1. The number of nitrogens with one attached hydrogen (secondary N) is 10. The number of nitrogens with zero attached hydrogens (tertiary/aromatic N) is 3. The number of nitrogens with two attached hydrogens (primary N) is 2. The highest BCUT2D eigenvalue weighted by atomic mass is 33.1. The molecule has 14 N–H and O–H groups in total. The van der Waals surface area contributed by atoms with Gasteiger partial charge in [-0.05, 0) is 50.3 Å². The highest BCUT2D eigenvalue weighted by Crippen LogP contribution is 2.25. The van der Waals surface area contributed by atoms with Crippen LogP contribution in [0.3, 0.4) is 0 Å². The lowest BCUT2D eigenvalue weighted by atomic mass is 10.0. The molecule has 2 aliphatic rings. The van der Waals surface area contributed by atoms with Gasteiger partial charge in [-0.15, -0.1) is 0 Å². The molecule has 418 valence electrons. The van der Waals surface area contributed by atoms with Crippen LogP contribution >= 0.6 is 21.6 Å². The third-order valence-corrected chi connectivity index (χ3v) is 15.3. The van der Waals surface area contributed by atoms with Crippen LogP contribution in [0.15, 0.2) is 78.3 Å². The molecule has 2 saturated heterocycles. The van der Waals surface area contributed by atoms with Gasteiger partial charge in [-0.1, -0.05) is 89.9 Å². The number of fused-ring (bicyclic) bond motifs is 1. The average molecular weight is 1110 g/mol. The summed E-state index contributed by atoms with van der Waals surface area (Å²) in [7, 11) is 2.13. The van der Waals surface area contributed by atoms with Gasteiger partial charge in [0.2, 0.25) is 41.4 Å². The van der Waals surface area contributed by atoms with Crippen molar-refractivity contribution in [1.29, 1.82) is 0 Å². The number of benzene rings is 2. The van der Waals surface area contributed by atoms with E-state index in [0.29, 0.717) is 29.7 Å². The van der Waals surface area contributed by atoms with E-state index in [2.05, 4.69) is 62.5 Å². The van der Waals surface area contributed by atoms with Crippen molar-refractivity contribution in [3.63, 3.8) is 0 Å². The number of carbonyl (C=O) groups is 10. The molecule has 2 aliphatic heterocycles. The number of rotatable bonds is 17. The Morgan fingerprint density at radius 2 is 1.40 bits per heavy atom. The molecule has 4 aromatic rings. The standard InChI is InChI=1S/C51H67N15O10S2/c1-4-5-17-41(66-42(68)24-57-51(66)76)49(75)65-40-26-78-77-25-39(29(3)67)64-46(72)37(20-31-22-56-34-15-10-9-14-33(31)34)63-44(70)35(16-11-18-55-50(52)53)60-45(71)36(19-30-12-7-6-8-13-30)62-47(73)38(21-32-23-54-27-58-32)61-43(69)28(2)59-48(40)74/h6-10,12-15,22-23,27-28,35-41,56H,4-5,11,16-21,24-26H2,1-3H3,(H,54,58)(H,57,76)(H,59,74)(H,60,71)(H,61,69)(H,62,73)(H,63,70)(H,64,72)(H,65,75)(H4,52,53,55)/t28-,35+,36-,37+,38+,39+,40+,41+/m1/s1. The van der Waals surface area contributed by atoms with E-state index in [1.54, 1.807) is 36.5 Å². The van der Waals surface area contributed by atoms with Crippen molar-refractivity contribution in [2.75, 3.05) is 24.6 Å². The summed E-state index contributed by atoms with van der Waals surface area (Å²) >= 11 is 0. The Bertz CT molecular complexity index is 2790. The summed E-state index contributed by atoms with van der Waals surface area (Å²) in [5.74, 6) is -7.17. The molecule has 0 saturated carbocycles. The predicted octanol–water partition coefficient (Wildman–Crippen LogP) is -0.519. The fourth-order valence-electron chi connectivity index (χ4n) is 8.62. The minimum Gasteiger partial charge on any atom is -0.370 e. The molecule has 0 radical (unpaired) electrons. The molecule has 0 spiro atoms. The number of imide groups is 1. The number of aliphatic imine (C=N–C) groups is 1. The molecule has 10 amide bonds. The second-order valence-corrected chi connectivity index (χ2v) is 21.4. The fraction of sp³-hybridized carbons (Fsp3) is 0.451. The Morgan fingerprint density at radius 3 is 2.06 bits per heavy atom. The fourth-order valence-corrected chi connectivity index (χ4v) is 11.0. The molecular weight excluding hydrogens is 1050 g/mol. The van der Waals surface area contributed by atoms with Crippen molar-refractivity contribution in [2.24, 2.45) is 16.5 Å². The van der Waals surface area contributed by atoms with E-state index < -0.39 is 107 Å². The number of imidazole rings is 1. The van der Waals surface area contributed by atoms with Crippen molar-refractivity contribution >= 4 is 97.5 Å². The first-order valence-electron chi connectivity index (χ1n) is 25.5. The second kappa shape index (κ2) is 29.0. The molecule has 27 heteroatoms. The van der Waals surface area contributed by atoms with Gasteiger partial charge >= 0.3 is 6.03 Å². The molecule has 2 aromatic carbocycles. The molecule has 0 aliphatic carbocycles. The number of aromatic amines is 2. The van der Waals surface area contributed by atoms with Gasteiger partial charge in [-0.3, -0.25) is 53.0 Å². The summed E-state index contributed by atoms with van der Waals surface area (Å²) in [6, 6.07) is 4.64. The normalized spacial score (nSPS) is 22.9. The monoisotopic (exact) mass is 1110 g/mol. The zero-order valence-corrected chi connectivity index (χ0v) is 45.1. The maximum atomic E-state index is 14.7. The summed E-state index contributed by atoms with van der Waals surface area (Å²) in [5.41, 5.74) is 13.6. The number of Topliss-reactive ketones (excluding diaryl/α,β-unsaturated/α-hetero) is 1. The van der Waals surface area contributed by atoms with E-state index >= 15 is 0 Å². The summed E-state index contributed by atoms with van der Waals surface area (Å²) < 4.78 is 0. The highest BCUT2D eigenvalue weighted by Gasteiger charge is 2.40. The molecule has 6 rings (SSSR count). The number of hydrogen-bond donors (Lipinski definition) is 12. The van der Waals surface area contributed by atoms with Gasteiger partial charge in [0.15, 0.2) is 11.7 Å². The predicted molar refractivity (Wildman–Crippen MR) is 293 cm³/mol. The average Bonchev–Trinajstić information content (AvgIpc) is 4.20. The molecule has 2 fully saturated rings. The van der Waals surface area contributed by atoms with Crippen LogP contribution < -0.4 is 54.0 Å². The minimum absolute atomic E-state index is 0.0413.